The van der Waals surface area contributed by atoms with Gasteiger partial charge in [0.15, 0.2) is 11.5 Å². The molecule has 2 atom stereocenters. The molecule has 0 aliphatic carbocycles. The molecule has 0 unspecified atom stereocenters. The predicted octanol–water partition coefficient (Wildman–Crippen LogP) is 3.40. The van der Waals surface area contributed by atoms with E-state index in [4.69, 9.17) is 9.47 Å². The van der Waals surface area contributed by atoms with E-state index in [2.05, 4.69) is 36.5 Å². The van der Waals surface area contributed by atoms with Crippen molar-refractivity contribution in [1.82, 2.24) is 5.32 Å². The van der Waals surface area contributed by atoms with Crippen LogP contribution in [0.1, 0.15) is 30.5 Å². The molecule has 4 heteroatoms. The molecule has 0 aromatic heterocycles. The van der Waals surface area contributed by atoms with Crippen LogP contribution in [0.4, 0.5) is 0 Å². The van der Waals surface area contributed by atoms with Gasteiger partial charge in [0.25, 0.3) is 5.91 Å². The maximum Gasteiger partial charge on any atom is 0.265 e. The zero-order valence-electron chi connectivity index (χ0n) is 13.4. The van der Waals surface area contributed by atoms with Crippen LogP contribution in [0, 0.1) is 6.92 Å². The van der Waals surface area contributed by atoms with E-state index in [0.717, 1.165) is 12.0 Å². The largest absolute Gasteiger partial charge is 0.485 e. The minimum absolute atomic E-state index is 0.0242. The maximum absolute atomic E-state index is 12.5. The number of hydrogen-bond acceptors (Lipinski definition) is 3. The van der Waals surface area contributed by atoms with Gasteiger partial charge in [-0.3, -0.25) is 4.79 Å². The Morgan fingerprint density at radius 2 is 1.87 bits per heavy atom. The van der Waals surface area contributed by atoms with E-state index < -0.39 is 6.10 Å². The van der Waals surface area contributed by atoms with Crippen molar-refractivity contribution in [2.24, 2.45) is 0 Å². The third-order valence-corrected chi connectivity index (χ3v) is 4.01. The molecule has 1 heterocycles. The Hall–Kier alpha value is -2.49. The second-order valence-electron chi connectivity index (χ2n) is 5.74. The smallest absolute Gasteiger partial charge is 0.265 e. The van der Waals surface area contributed by atoms with Crippen LogP contribution in [-0.2, 0) is 4.79 Å². The molecular weight excluding hydrogens is 290 g/mol. The number of para-hydroxylation sites is 2. The van der Waals surface area contributed by atoms with Crippen molar-refractivity contribution in [3.8, 4) is 11.5 Å². The third-order valence-electron chi connectivity index (χ3n) is 4.01. The third kappa shape index (κ3) is 3.47. The van der Waals surface area contributed by atoms with Crippen molar-refractivity contribution < 1.29 is 14.3 Å². The molecule has 2 aromatic rings. The summed E-state index contributed by atoms with van der Waals surface area (Å²) in [6.07, 6.45) is 0.197. The van der Waals surface area contributed by atoms with Gasteiger partial charge in [-0.2, -0.15) is 0 Å². The number of carbonyl (C=O) groups excluding carboxylic acids is 1. The van der Waals surface area contributed by atoms with Crippen molar-refractivity contribution in [3.05, 3.63) is 59.7 Å². The Kier molecular flexibility index (Phi) is 4.51. The zero-order valence-corrected chi connectivity index (χ0v) is 13.4. The molecule has 0 bridgehead atoms. The Balaban J connectivity index is 1.67. The first-order valence-electron chi connectivity index (χ1n) is 7.93. The summed E-state index contributed by atoms with van der Waals surface area (Å²) in [7, 11) is 0. The van der Waals surface area contributed by atoms with Gasteiger partial charge in [0, 0.05) is 0 Å². The van der Waals surface area contributed by atoms with E-state index >= 15 is 0 Å². The fourth-order valence-electron chi connectivity index (χ4n) is 2.63. The van der Waals surface area contributed by atoms with Gasteiger partial charge in [0.1, 0.15) is 6.61 Å². The first-order valence-corrected chi connectivity index (χ1v) is 7.93. The molecule has 0 saturated heterocycles. The molecule has 3 rings (SSSR count). The van der Waals surface area contributed by atoms with Crippen LogP contribution in [0.25, 0.3) is 0 Å². The lowest BCUT2D eigenvalue weighted by Gasteiger charge is -2.27. The van der Waals surface area contributed by atoms with Crippen molar-refractivity contribution in [2.75, 3.05) is 6.61 Å². The van der Waals surface area contributed by atoms with Crippen molar-refractivity contribution in [1.29, 1.82) is 0 Å². The number of nitrogens with one attached hydrogen (secondary N) is 1. The Bertz CT molecular complexity index is 681. The highest BCUT2D eigenvalue weighted by atomic mass is 16.6. The van der Waals surface area contributed by atoms with Crippen LogP contribution in [-0.4, -0.2) is 18.6 Å². The average molecular weight is 311 g/mol. The van der Waals surface area contributed by atoms with Crippen LogP contribution < -0.4 is 14.8 Å². The molecule has 1 N–H and O–H groups in total. The van der Waals surface area contributed by atoms with E-state index in [1.807, 2.05) is 31.2 Å². The molecule has 0 fully saturated rings. The SMILES string of the molecule is CC[C@H](NC(=O)[C@H]1COc2ccccc2O1)c1ccc(C)cc1. The number of amides is 1. The minimum Gasteiger partial charge on any atom is -0.485 e. The summed E-state index contributed by atoms with van der Waals surface area (Å²) in [5, 5.41) is 3.06. The van der Waals surface area contributed by atoms with Gasteiger partial charge in [-0.15, -0.1) is 0 Å². The van der Waals surface area contributed by atoms with Gasteiger partial charge in [-0.05, 0) is 31.0 Å². The fraction of sp³-hybridized carbons (Fsp3) is 0.316. The second-order valence-corrected chi connectivity index (χ2v) is 5.74. The number of ether oxygens (including phenoxy) is 2. The number of fused-ring (bicyclic) bond motifs is 1. The lowest BCUT2D eigenvalue weighted by molar-refractivity contribution is -0.131. The summed E-state index contributed by atoms with van der Waals surface area (Å²) in [5.41, 5.74) is 2.30. The molecule has 23 heavy (non-hydrogen) atoms. The van der Waals surface area contributed by atoms with E-state index in [0.29, 0.717) is 11.5 Å². The summed E-state index contributed by atoms with van der Waals surface area (Å²) in [5.74, 6) is 1.15. The van der Waals surface area contributed by atoms with Crippen LogP contribution in [0.3, 0.4) is 0 Å². The van der Waals surface area contributed by atoms with Gasteiger partial charge in [-0.1, -0.05) is 48.9 Å². The minimum atomic E-state index is -0.621. The highest BCUT2D eigenvalue weighted by Gasteiger charge is 2.28. The topological polar surface area (TPSA) is 47.6 Å². The van der Waals surface area contributed by atoms with Crippen LogP contribution in [0.15, 0.2) is 48.5 Å². The van der Waals surface area contributed by atoms with Crippen molar-refractivity contribution in [3.63, 3.8) is 0 Å². The lowest BCUT2D eigenvalue weighted by atomic mass is 10.0. The Labute approximate surface area is 136 Å². The van der Waals surface area contributed by atoms with Crippen LogP contribution >= 0.6 is 0 Å². The van der Waals surface area contributed by atoms with Gasteiger partial charge in [-0.25, -0.2) is 0 Å². The van der Waals surface area contributed by atoms with Gasteiger partial charge >= 0.3 is 0 Å². The van der Waals surface area contributed by atoms with Gasteiger partial charge in [0.05, 0.1) is 6.04 Å². The molecule has 2 aromatic carbocycles. The molecule has 1 aliphatic rings. The van der Waals surface area contributed by atoms with Gasteiger partial charge in [0.2, 0.25) is 6.10 Å². The highest BCUT2D eigenvalue weighted by Crippen LogP contribution is 2.31. The average Bonchev–Trinajstić information content (AvgIpc) is 2.60. The number of aryl methyl sites for hydroxylation is 1. The summed E-state index contributed by atoms with van der Waals surface area (Å²) >= 11 is 0. The molecule has 1 amide bonds. The summed E-state index contributed by atoms with van der Waals surface area (Å²) in [6, 6.07) is 15.6. The molecule has 0 spiro atoms. The summed E-state index contributed by atoms with van der Waals surface area (Å²) < 4.78 is 11.4. The number of benzene rings is 2. The molecule has 120 valence electrons. The summed E-state index contributed by atoms with van der Waals surface area (Å²) in [4.78, 5) is 12.5. The van der Waals surface area contributed by atoms with Gasteiger partial charge < -0.3 is 14.8 Å². The van der Waals surface area contributed by atoms with Crippen LogP contribution in [0.5, 0.6) is 11.5 Å². The predicted molar refractivity (Wildman–Crippen MR) is 88.7 cm³/mol. The first kappa shape index (κ1) is 15.4. The molecule has 0 saturated carbocycles. The van der Waals surface area contributed by atoms with E-state index in [9.17, 15) is 4.79 Å². The molecular formula is C19H21NO3. The van der Waals surface area contributed by atoms with Crippen LogP contribution in [0.2, 0.25) is 0 Å². The van der Waals surface area contributed by atoms with Crippen molar-refractivity contribution in [2.45, 2.75) is 32.4 Å². The zero-order chi connectivity index (χ0) is 16.2. The number of hydrogen-bond donors (Lipinski definition) is 1. The standard InChI is InChI=1S/C19H21NO3/c1-3-15(14-10-8-13(2)9-11-14)20-19(21)18-12-22-16-6-4-5-7-17(16)23-18/h4-11,15,18H,3,12H2,1-2H3,(H,20,21)/t15-,18+/m0/s1. The molecule has 1 aliphatic heterocycles. The normalized spacial score (nSPS) is 17.4. The lowest BCUT2D eigenvalue weighted by Crippen LogP contribution is -2.45. The molecule has 4 nitrogen and oxygen atoms in total. The number of carbonyl (C=O) groups is 1. The molecule has 0 radical (unpaired) electrons. The first-order chi connectivity index (χ1) is 11.2. The Morgan fingerprint density at radius 1 is 1.17 bits per heavy atom. The fourth-order valence-corrected chi connectivity index (χ4v) is 2.63. The quantitative estimate of drug-likeness (QED) is 0.941. The monoisotopic (exact) mass is 311 g/mol. The second kappa shape index (κ2) is 6.73. The summed E-state index contributed by atoms with van der Waals surface area (Å²) in [6.45, 7) is 4.33. The van der Waals surface area contributed by atoms with E-state index in [-0.39, 0.29) is 18.6 Å². The number of rotatable bonds is 4. The maximum atomic E-state index is 12.5. The van der Waals surface area contributed by atoms with Crippen molar-refractivity contribution >= 4 is 5.91 Å². The Morgan fingerprint density at radius 3 is 2.57 bits per heavy atom. The highest BCUT2D eigenvalue weighted by molar-refractivity contribution is 5.82. The van der Waals surface area contributed by atoms with E-state index in [1.165, 1.54) is 5.56 Å². The van der Waals surface area contributed by atoms with E-state index in [1.54, 1.807) is 0 Å².